The van der Waals surface area contributed by atoms with Crippen molar-refractivity contribution >= 4 is 5.91 Å². The highest BCUT2D eigenvalue weighted by atomic mass is 19.1. The van der Waals surface area contributed by atoms with Gasteiger partial charge in [-0.2, -0.15) is 0 Å². The van der Waals surface area contributed by atoms with Crippen molar-refractivity contribution in [1.82, 2.24) is 9.80 Å². The molecule has 160 valence electrons. The lowest BCUT2D eigenvalue weighted by atomic mass is 10.1. The van der Waals surface area contributed by atoms with E-state index in [0.717, 1.165) is 50.9 Å². The summed E-state index contributed by atoms with van der Waals surface area (Å²) in [6.45, 7) is 3.39. The van der Waals surface area contributed by atoms with E-state index in [9.17, 15) is 13.6 Å². The molecule has 1 aliphatic heterocycles. The molecule has 2 fully saturated rings. The average molecular weight is 414 g/mol. The zero-order chi connectivity index (χ0) is 20.9. The predicted molar refractivity (Wildman–Crippen MR) is 111 cm³/mol. The van der Waals surface area contributed by atoms with Crippen molar-refractivity contribution in [2.75, 3.05) is 26.2 Å². The fraction of sp³-hybridized carbons (Fsp3) is 0.458. The van der Waals surface area contributed by atoms with Gasteiger partial charge in [0, 0.05) is 37.8 Å². The van der Waals surface area contributed by atoms with Crippen molar-refractivity contribution in [3.05, 3.63) is 71.3 Å². The van der Waals surface area contributed by atoms with Gasteiger partial charge >= 0.3 is 0 Å². The van der Waals surface area contributed by atoms with Crippen molar-refractivity contribution in [2.45, 2.75) is 44.4 Å². The molecule has 2 aromatic rings. The number of hydrogen-bond donors (Lipinski definition) is 0. The number of carbonyl (C=O) groups excluding carboxylic acids is 1. The van der Waals surface area contributed by atoms with Crippen LogP contribution in [0, 0.1) is 11.6 Å². The number of amides is 1. The number of carbonyl (C=O) groups is 1. The topological polar surface area (TPSA) is 32.8 Å². The van der Waals surface area contributed by atoms with Crippen LogP contribution in [0.1, 0.15) is 41.6 Å². The summed E-state index contributed by atoms with van der Waals surface area (Å²) in [6, 6.07) is 12.6. The summed E-state index contributed by atoms with van der Waals surface area (Å²) in [5, 5.41) is 0. The summed E-state index contributed by atoms with van der Waals surface area (Å²) >= 11 is 0. The van der Waals surface area contributed by atoms with E-state index >= 15 is 0 Å². The zero-order valence-electron chi connectivity index (χ0n) is 17.1. The van der Waals surface area contributed by atoms with Crippen LogP contribution in [0.3, 0.4) is 0 Å². The van der Waals surface area contributed by atoms with Gasteiger partial charge in [0.2, 0.25) is 0 Å². The first-order valence-corrected chi connectivity index (χ1v) is 10.7. The molecule has 0 radical (unpaired) electrons. The Bertz CT molecular complexity index is 835. The Morgan fingerprint density at radius 2 is 1.63 bits per heavy atom. The fourth-order valence-electron chi connectivity index (χ4n) is 4.47. The standard InChI is InChI=1S/C24H28F2N2O2/c25-20-9-5-18(6-10-20)15-27-13-14-30-23(16-27)17-28(22-3-1-2-4-22)24(29)19-7-11-21(26)12-8-19/h5-12,22-23H,1-4,13-17H2. The Morgan fingerprint density at radius 3 is 2.30 bits per heavy atom. The van der Waals surface area contributed by atoms with Gasteiger partial charge in [-0.05, 0) is 54.8 Å². The Labute approximate surface area is 176 Å². The fourth-order valence-corrected chi connectivity index (χ4v) is 4.47. The van der Waals surface area contributed by atoms with E-state index in [1.807, 2.05) is 17.0 Å². The molecule has 0 spiro atoms. The van der Waals surface area contributed by atoms with Gasteiger partial charge in [-0.15, -0.1) is 0 Å². The average Bonchev–Trinajstić information content (AvgIpc) is 3.29. The number of rotatable bonds is 6. The molecule has 6 heteroatoms. The number of morpholine rings is 1. The minimum absolute atomic E-state index is 0.0545. The van der Waals surface area contributed by atoms with Crippen molar-refractivity contribution in [3.63, 3.8) is 0 Å². The highest BCUT2D eigenvalue weighted by Gasteiger charge is 2.31. The van der Waals surface area contributed by atoms with Crippen molar-refractivity contribution in [3.8, 4) is 0 Å². The predicted octanol–water partition coefficient (Wildman–Crippen LogP) is 4.25. The molecular formula is C24H28F2N2O2. The maximum Gasteiger partial charge on any atom is 0.254 e. The van der Waals surface area contributed by atoms with Crippen LogP contribution in [-0.4, -0.2) is 54.1 Å². The van der Waals surface area contributed by atoms with Crippen LogP contribution in [0.15, 0.2) is 48.5 Å². The molecular weight excluding hydrogens is 386 g/mol. The van der Waals surface area contributed by atoms with Crippen molar-refractivity contribution in [2.24, 2.45) is 0 Å². The van der Waals surface area contributed by atoms with Crippen LogP contribution in [0.25, 0.3) is 0 Å². The molecule has 1 heterocycles. The molecule has 4 nitrogen and oxygen atoms in total. The highest BCUT2D eigenvalue weighted by Crippen LogP contribution is 2.26. The minimum Gasteiger partial charge on any atom is -0.374 e. The van der Waals surface area contributed by atoms with Crippen molar-refractivity contribution in [1.29, 1.82) is 0 Å². The summed E-state index contributed by atoms with van der Waals surface area (Å²) in [5.41, 5.74) is 1.58. The van der Waals surface area contributed by atoms with E-state index < -0.39 is 0 Å². The van der Waals surface area contributed by atoms with E-state index in [0.29, 0.717) is 18.7 Å². The van der Waals surface area contributed by atoms with Crippen LogP contribution in [0.2, 0.25) is 0 Å². The second-order valence-electron chi connectivity index (χ2n) is 8.26. The Kier molecular flexibility index (Phi) is 6.75. The number of benzene rings is 2. The summed E-state index contributed by atoms with van der Waals surface area (Å²) in [4.78, 5) is 17.4. The maximum atomic E-state index is 13.3. The van der Waals surface area contributed by atoms with Gasteiger partial charge in [0.15, 0.2) is 0 Å². The Hall–Kier alpha value is -2.31. The Morgan fingerprint density at radius 1 is 1.00 bits per heavy atom. The molecule has 1 unspecified atom stereocenters. The van der Waals surface area contributed by atoms with Gasteiger partial charge in [-0.3, -0.25) is 9.69 Å². The number of hydrogen-bond acceptors (Lipinski definition) is 3. The quantitative estimate of drug-likeness (QED) is 0.709. The van der Waals surface area contributed by atoms with Gasteiger partial charge in [-0.1, -0.05) is 25.0 Å². The lowest BCUT2D eigenvalue weighted by Gasteiger charge is -2.38. The molecule has 1 saturated heterocycles. The normalized spacial score (nSPS) is 20.4. The first kappa shape index (κ1) is 20.9. The van der Waals surface area contributed by atoms with E-state index in [1.165, 1.54) is 24.3 Å². The van der Waals surface area contributed by atoms with Crippen LogP contribution >= 0.6 is 0 Å². The van der Waals surface area contributed by atoms with E-state index in [1.54, 1.807) is 12.1 Å². The molecule has 1 saturated carbocycles. The van der Waals surface area contributed by atoms with Gasteiger partial charge in [-0.25, -0.2) is 8.78 Å². The molecule has 1 amide bonds. The molecule has 0 aromatic heterocycles. The number of nitrogens with zero attached hydrogens (tertiary/aromatic N) is 2. The van der Waals surface area contributed by atoms with Gasteiger partial charge < -0.3 is 9.64 Å². The first-order valence-electron chi connectivity index (χ1n) is 10.7. The molecule has 2 aliphatic rings. The molecule has 1 atom stereocenters. The van der Waals surface area contributed by atoms with E-state index in [2.05, 4.69) is 4.90 Å². The van der Waals surface area contributed by atoms with Crippen LogP contribution in [0.5, 0.6) is 0 Å². The monoisotopic (exact) mass is 414 g/mol. The smallest absolute Gasteiger partial charge is 0.254 e. The summed E-state index contributed by atoms with van der Waals surface area (Å²) in [6.07, 6.45) is 4.17. The largest absolute Gasteiger partial charge is 0.374 e. The zero-order valence-corrected chi connectivity index (χ0v) is 17.1. The highest BCUT2D eigenvalue weighted by molar-refractivity contribution is 5.94. The van der Waals surface area contributed by atoms with Crippen LogP contribution < -0.4 is 0 Å². The Balaban J connectivity index is 1.43. The second-order valence-corrected chi connectivity index (χ2v) is 8.26. The summed E-state index contributed by atoms with van der Waals surface area (Å²) < 4.78 is 32.5. The maximum absolute atomic E-state index is 13.3. The lowest BCUT2D eigenvalue weighted by Crippen LogP contribution is -2.50. The van der Waals surface area contributed by atoms with Crippen LogP contribution in [0.4, 0.5) is 8.78 Å². The van der Waals surface area contributed by atoms with Gasteiger partial charge in [0.25, 0.3) is 5.91 Å². The molecule has 4 rings (SSSR count). The molecule has 30 heavy (non-hydrogen) atoms. The summed E-state index contributed by atoms with van der Waals surface area (Å²) in [5.74, 6) is -0.628. The third-order valence-electron chi connectivity index (χ3n) is 6.06. The molecule has 1 aliphatic carbocycles. The lowest BCUT2D eigenvalue weighted by molar-refractivity contribution is -0.0468. The summed E-state index contributed by atoms with van der Waals surface area (Å²) in [7, 11) is 0. The number of ether oxygens (including phenoxy) is 1. The van der Waals surface area contributed by atoms with Crippen LogP contribution in [-0.2, 0) is 11.3 Å². The number of halogens is 2. The SMILES string of the molecule is O=C(c1ccc(F)cc1)N(CC1CN(Cc2ccc(F)cc2)CCO1)C1CCCC1. The molecule has 2 aromatic carbocycles. The van der Waals surface area contributed by atoms with Crippen molar-refractivity contribution < 1.29 is 18.3 Å². The molecule has 0 bridgehead atoms. The first-order chi connectivity index (χ1) is 14.6. The van der Waals surface area contributed by atoms with E-state index in [4.69, 9.17) is 4.74 Å². The molecule has 0 N–H and O–H groups in total. The third-order valence-corrected chi connectivity index (χ3v) is 6.06. The van der Waals surface area contributed by atoms with E-state index in [-0.39, 0.29) is 29.7 Å². The second kappa shape index (κ2) is 9.67. The minimum atomic E-state index is -0.342. The third kappa shape index (κ3) is 5.24. The van der Waals surface area contributed by atoms with Gasteiger partial charge in [0.1, 0.15) is 11.6 Å². The van der Waals surface area contributed by atoms with Gasteiger partial charge in [0.05, 0.1) is 12.7 Å².